The highest BCUT2D eigenvalue weighted by atomic mass is 16.2. The van der Waals surface area contributed by atoms with Crippen LogP contribution >= 0.6 is 0 Å². The van der Waals surface area contributed by atoms with Gasteiger partial charge in [-0.25, -0.2) is 0 Å². The Morgan fingerprint density at radius 1 is 1.50 bits per heavy atom. The Kier molecular flexibility index (Phi) is 4.39. The molecule has 0 bridgehead atoms. The molecule has 0 aromatic carbocycles. The molecule has 0 unspecified atom stereocenters. The van der Waals surface area contributed by atoms with Gasteiger partial charge in [0.1, 0.15) is 0 Å². The maximum absolute atomic E-state index is 11.6. The minimum Gasteiger partial charge on any atom is -0.346 e. The van der Waals surface area contributed by atoms with E-state index in [0.29, 0.717) is 11.8 Å². The normalized spacial score (nSPS) is 16.9. The zero-order chi connectivity index (χ0) is 10.6. The van der Waals surface area contributed by atoms with Crippen molar-refractivity contribution in [2.45, 2.75) is 26.7 Å². The van der Waals surface area contributed by atoms with E-state index in [1.807, 2.05) is 11.9 Å². The van der Waals surface area contributed by atoms with Gasteiger partial charge in [0.2, 0.25) is 5.91 Å². The Balaban J connectivity index is 2.12. The van der Waals surface area contributed by atoms with Gasteiger partial charge in [0, 0.05) is 20.0 Å². The molecule has 82 valence electrons. The van der Waals surface area contributed by atoms with Crippen molar-refractivity contribution in [1.29, 1.82) is 0 Å². The van der Waals surface area contributed by atoms with Crippen LogP contribution in [0.25, 0.3) is 0 Å². The van der Waals surface area contributed by atoms with E-state index in [0.717, 1.165) is 38.4 Å². The fourth-order valence-corrected chi connectivity index (χ4v) is 1.72. The molecular formula is C11H22N2O. The van der Waals surface area contributed by atoms with E-state index in [1.165, 1.54) is 0 Å². The SMILES string of the molecule is CC(C)CN(C)C(=O)CCC1CNC1. The molecular weight excluding hydrogens is 176 g/mol. The van der Waals surface area contributed by atoms with Gasteiger partial charge >= 0.3 is 0 Å². The second-order valence-electron chi connectivity index (χ2n) is 4.73. The number of hydrogen-bond donors (Lipinski definition) is 1. The van der Waals surface area contributed by atoms with Crippen molar-refractivity contribution in [2.75, 3.05) is 26.7 Å². The number of nitrogens with one attached hydrogen (secondary N) is 1. The van der Waals surface area contributed by atoms with E-state index < -0.39 is 0 Å². The van der Waals surface area contributed by atoms with Crippen molar-refractivity contribution in [3.8, 4) is 0 Å². The van der Waals surface area contributed by atoms with Gasteiger partial charge in [0.25, 0.3) is 0 Å². The van der Waals surface area contributed by atoms with E-state index in [1.54, 1.807) is 0 Å². The first-order valence-electron chi connectivity index (χ1n) is 5.54. The molecule has 0 radical (unpaired) electrons. The number of hydrogen-bond acceptors (Lipinski definition) is 2. The van der Waals surface area contributed by atoms with Gasteiger partial charge < -0.3 is 10.2 Å². The van der Waals surface area contributed by atoms with Crippen molar-refractivity contribution in [3.05, 3.63) is 0 Å². The highest BCUT2D eigenvalue weighted by Gasteiger charge is 2.18. The minimum absolute atomic E-state index is 0.297. The summed E-state index contributed by atoms with van der Waals surface area (Å²) >= 11 is 0. The summed E-state index contributed by atoms with van der Waals surface area (Å²) < 4.78 is 0. The second kappa shape index (κ2) is 5.35. The summed E-state index contributed by atoms with van der Waals surface area (Å²) in [5.41, 5.74) is 0. The summed E-state index contributed by atoms with van der Waals surface area (Å²) in [7, 11) is 1.90. The summed E-state index contributed by atoms with van der Waals surface area (Å²) in [6, 6.07) is 0. The maximum atomic E-state index is 11.6. The van der Waals surface area contributed by atoms with Crippen molar-refractivity contribution in [3.63, 3.8) is 0 Å². The van der Waals surface area contributed by atoms with Crippen molar-refractivity contribution < 1.29 is 4.79 Å². The molecule has 1 aliphatic rings. The number of rotatable bonds is 5. The first kappa shape index (κ1) is 11.5. The lowest BCUT2D eigenvalue weighted by atomic mass is 9.97. The lowest BCUT2D eigenvalue weighted by Gasteiger charge is -2.27. The van der Waals surface area contributed by atoms with Gasteiger partial charge in [0.05, 0.1) is 0 Å². The summed E-state index contributed by atoms with van der Waals surface area (Å²) in [4.78, 5) is 13.5. The summed E-state index contributed by atoms with van der Waals surface area (Å²) in [5, 5.41) is 3.22. The van der Waals surface area contributed by atoms with Crippen LogP contribution in [0.4, 0.5) is 0 Å². The van der Waals surface area contributed by atoms with Crippen LogP contribution < -0.4 is 5.32 Å². The largest absolute Gasteiger partial charge is 0.346 e. The fraction of sp³-hybridized carbons (Fsp3) is 0.909. The highest BCUT2D eigenvalue weighted by molar-refractivity contribution is 5.75. The monoisotopic (exact) mass is 198 g/mol. The van der Waals surface area contributed by atoms with Crippen LogP contribution in [0.5, 0.6) is 0 Å². The Morgan fingerprint density at radius 3 is 2.57 bits per heavy atom. The second-order valence-corrected chi connectivity index (χ2v) is 4.73. The smallest absolute Gasteiger partial charge is 0.222 e. The molecule has 1 saturated heterocycles. The zero-order valence-corrected chi connectivity index (χ0v) is 9.55. The van der Waals surface area contributed by atoms with E-state index in [2.05, 4.69) is 19.2 Å². The predicted octanol–water partition coefficient (Wildman–Crippen LogP) is 1.10. The molecule has 1 heterocycles. The third-order valence-corrected chi connectivity index (χ3v) is 2.70. The van der Waals surface area contributed by atoms with Crippen LogP contribution in [0.15, 0.2) is 0 Å². The van der Waals surface area contributed by atoms with E-state index in [-0.39, 0.29) is 0 Å². The number of carbonyl (C=O) groups excluding carboxylic acids is 1. The molecule has 1 rings (SSSR count). The third kappa shape index (κ3) is 3.66. The maximum Gasteiger partial charge on any atom is 0.222 e. The quantitative estimate of drug-likeness (QED) is 0.717. The standard InChI is InChI=1S/C11H22N2O/c1-9(2)8-13(3)11(14)5-4-10-6-12-7-10/h9-10,12H,4-8H2,1-3H3. The molecule has 0 spiro atoms. The van der Waals surface area contributed by atoms with Crippen LogP contribution in [0.1, 0.15) is 26.7 Å². The topological polar surface area (TPSA) is 32.3 Å². The molecule has 0 aliphatic carbocycles. The summed E-state index contributed by atoms with van der Waals surface area (Å²) in [6.45, 7) is 7.35. The van der Waals surface area contributed by atoms with Crippen LogP contribution in [-0.4, -0.2) is 37.5 Å². The van der Waals surface area contributed by atoms with Crippen molar-refractivity contribution >= 4 is 5.91 Å². The van der Waals surface area contributed by atoms with Crippen LogP contribution in [0, 0.1) is 11.8 Å². The van der Waals surface area contributed by atoms with E-state index in [4.69, 9.17) is 0 Å². The predicted molar refractivity (Wildman–Crippen MR) is 58.1 cm³/mol. The summed E-state index contributed by atoms with van der Waals surface area (Å²) in [6.07, 6.45) is 1.77. The van der Waals surface area contributed by atoms with Crippen LogP contribution in [-0.2, 0) is 4.79 Å². The van der Waals surface area contributed by atoms with Crippen LogP contribution in [0.2, 0.25) is 0 Å². The minimum atomic E-state index is 0.297. The number of nitrogens with zero attached hydrogens (tertiary/aromatic N) is 1. The average Bonchev–Trinajstić information content (AvgIpc) is 1.99. The van der Waals surface area contributed by atoms with Crippen LogP contribution in [0.3, 0.4) is 0 Å². The lowest BCUT2D eigenvalue weighted by molar-refractivity contribution is -0.130. The third-order valence-electron chi connectivity index (χ3n) is 2.70. The number of amides is 1. The molecule has 1 amide bonds. The molecule has 1 N–H and O–H groups in total. The fourth-order valence-electron chi connectivity index (χ4n) is 1.72. The highest BCUT2D eigenvalue weighted by Crippen LogP contribution is 2.12. The summed E-state index contributed by atoms with van der Waals surface area (Å²) in [5.74, 6) is 1.60. The molecule has 0 aromatic rings. The van der Waals surface area contributed by atoms with Gasteiger partial charge in [-0.3, -0.25) is 4.79 Å². The van der Waals surface area contributed by atoms with Crippen molar-refractivity contribution in [2.24, 2.45) is 11.8 Å². The molecule has 1 aliphatic heterocycles. The molecule has 3 nitrogen and oxygen atoms in total. The Labute approximate surface area is 86.9 Å². The molecule has 14 heavy (non-hydrogen) atoms. The van der Waals surface area contributed by atoms with Crippen molar-refractivity contribution in [1.82, 2.24) is 10.2 Å². The Morgan fingerprint density at radius 2 is 2.14 bits per heavy atom. The molecule has 1 fully saturated rings. The van der Waals surface area contributed by atoms with Gasteiger partial charge in [-0.1, -0.05) is 13.8 Å². The first-order valence-corrected chi connectivity index (χ1v) is 5.54. The molecule has 0 aromatic heterocycles. The van der Waals surface area contributed by atoms with E-state index >= 15 is 0 Å². The number of carbonyl (C=O) groups is 1. The lowest BCUT2D eigenvalue weighted by Crippen LogP contribution is -2.42. The van der Waals surface area contributed by atoms with Gasteiger partial charge in [0.15, 0.2) is 0 Å². The van der Waals surface area contributed by atoms with Gasteiger partial charge in [-0.15, -0.1) is 0 Å². The zero-order valence-electron chi connectivity index (χ0n) is 9.55. The first-order chi connectivity index (χ1) is 6.59. The van der Waals surface area contributed by atoms with Gasteiger partial charge in [-0.05, 0) is 31.3 Å². The Bertz CT molecular complexity index is 188. The van der Waals surface area contributed by atoms with Gasteiger partial charge in [-0.2, -0.15) is 0 Å². The Hall–Kier alpha value is -0.570. The van der Waals surface area contributed by atoms with E-state index in [9.17, 15) is 4.79 Å². The molecule has 3 heteroatoms. The average molecular weight is 198 g/mol. The molecule has 0 atom stereocenters. The molecule has 0 saturated carbocycles.